The molecule has 6 heteroatoms. The molecule has 96 valence electrons. The molecule has 1 rings (SSSR count). The maximum absolute atomic E-state index is 5.23. The molecule has 0 saturated carbocycles. The van der Waals surface area contributed by atoms with Crippen LogP contribution in [-0.4, -0.2) is 34.7 Å². The smallest absolute Gasteiger partial charge is 0.166 e. The first-order valence-corrected chi connectivity index (χ1v) is 6.20. The van der Waals surface area contributed by atoms with E-state index in [9.17, 15) is 0 Å². The Bertz CT molecular complexity index is 340. The van der Waals surface area contributed by atoms with E-state index in [1.165, 1.54) is 0 Å². The highest BCUT2D eigenvalue weighted by atomic mass is 32.1. The molecule has 0 fully saturated rings. The highest BCUT2D eigenvalue weighted by Gasteiger charge is 1.98. The molecule has 17 heavy (non-hydrogen) atoms. The Hall–Kier alpha value is -1.14. The molecule has 0 atom stereocenters. The van der Waals surface area contributed by atoms with Gasteiger partial charge in [-0.25, -0.2) is 0 Å². The molecule has 0 aliphatic rings. The van der Waals surface area contributed by atoms with Crippen molar-refractivity contribution in [3.8, 4) is 0 Å². The molecule has 1 aromatic heterocycles. The van der Waals surface area contributed by atoms with Crippen molar-refractivity contribution in [3.63, 3.8) is 0 Å². The first-order chi connectivity index (χ1) is 8.22. The van der Waals surface area contributed by atoms with Gasteiger partial charge in [-0.05, 0) is 25.6 Å². The fourth-order valence-corrected chi connectivity index (χ4v) is 1.50. The third-order valence-corrected chi connectivity index (χ3v) is 2.46. The fraction of sp³-hybridized carbons (Fsp3) is 0.636. The average Bonchev–Trinajstić information content (AvgIpc) is 2.72. The van der Waals surface area contributed by atoms with Crippen molar-refractivity contribution in [2.24, 2.45) is 7.05 Å². The van der Waals surface area contributed by atoms with Crippen molar-refractivity contribution in [3.05, 3.63) is 18.0 Å². The lowest BCUT2D eigenvalue weighted by Gasteiger charge is -2.09. The monoisotopic (exact) mass is 256 g/mol. The zero-order chi connectivity index (χ0) is 12.5. The van der Waals surface area contributed by atoms with Gasteiger partial charge in [-0.15, -0.1) is 0 Å². The standard InChI is InChI=1S/C11H20N4OS/c1-3-16-6-4-5-12-11(17)13-7-10-8-14-15(2)9-10/h8-9H,3-7H2,1-2H3,(H2,12,13,17). The Kier molecular flexibility index (Phi) is 6.57. The molecule has 2 N–H and O–H groups in total. The van der Waals surface area contributed by atoms with Crippen LogP contribution in [0.2, 0.25) is 0 Å². The largest absolute Gasteiger partial charge is 0.382 e. The topological polar surface area (TPSA) is 51.1 Å². The van der Waals surface area contributed by atoms with E-state index in [0.29, 0.717) is 11.7 Å². The zero-order valence-electron chi connectivity index (χ0n) is 10.4. The van der Waals surface area contributed by atoms with E-state index < -0.39 is 0 Å². The van der Waals surface area contributed by atoms with Gasteiger partial charge >= 0.3 is 0 Å². The molecule has 0 spiro atoms. The first kappa shape index (κ1) is 13.9. The predicted molar refractivity (Wildman–Crippen MR) is 71.8 cm³/mol. The van der Waals surface area contributed by atoms with Crippen LogP contribution in [0, 0.1) is 0 Å². The second kappa shape index (κ2) is 8.03. The van der Waals surface area contributed by atoms with Gasteiger partial charge in [0.05, 0.1) is 6.20 Å². The van der Waals surface area contributed by atoms with Gasteiger partial charge in [0.15, 0.2) is 5.11 Å². The van der Waals surface area contributed by atoms with Gasteiger partial charge < -0.3 is 15.4 Å². The number of hydrogen-bond acceptors (Lipinski definition) is 3. The number of aryl methyl sites for hydroxylation is 1. The Labute approximate surface area is 108 Å². The summed E-state index contributed by atoms with van der Waals surface area (Å²) < 4.78 is 7.01. The molecule has 0 aliphatic heterocycles. The number of nitrogens with zero attached hydrogens (tertiary/aromatic N) is 2. The van der Waals surface area contributed by atoms with Gasteiger partial charge in [0, 0.05) is 45.1 Å². The van der Waals surface area contributed by atoms with Crippen molar-refractivity contribution in [1.82, 2.24) is 20.4 Å². The average molecular weight is 256 g/mol. The van der Waals surface area contributed by atoms with E-state index in [2.05, 4.69) is 15.7 Å². The second-order valence-corrected chi connectivity index (χ2v) is 4.09. The van der Waals surface area contributed by atoms with Crippen LogP contribution in [0.3, 0.4) is 0 Å². The van der Waals surface area contributed by atoms with Crippen LogP contribution in [0.25, 0.3) is 0 Å². The maximum atomic E-state index is 5.23. The lowest BCUT2D eigenvalue weighted by atomic mass is 10.4. The summed E-state index contributed by atoms with van der Waals surface area (Å²) in [6.07, 6.45) is 4.75. The van der Waals surface area contributed by atoms with E-state index in [1.807, 2.05) is 26.4 Å². The van der Waals surface area contributed by atoms with E-state index in [1.54, 1.807) is 4.68 Å². The van der Waals surface area contributed by atoms with Crippen LogP contribution in [0.15, 0.2) is 12.4 Å². The number of aromatic nitrogens is 2. The summed E-state index contributed by atoms with van der Waals surface area (Å²) >= 11 is 5.15. The fourth-order valence-electron chi connectivity index (χ4n) is 1.33. The van der Waals surface area contributed by atoms with Gasteiger partial charge in [-0.2, -0.15) is 5.10 Å². The molecule has 0 radical (unpaired) electrons. The summed E-state index contributed by atoms with van der Waals surface area (Å²) in [5.41, 5.74) is 1.12. The Morgan fingerprint density at radius 1 is 1.53 bits per heavy atom. The van der Waals surface area contributed by atoms with Crippen LogP contribution in [0.4, 0.5) is 0 Å². The van der Waals surface area contributed by atoms with Crippen LogP contribution < -0.4 is 10.6 Å². The molecule has 0 saturated heterocycles. The van der Waals surface area contributed by atoms with Crippen molar-refractivity contribution >= 4 is 17.3 Å². The van der Waals surface area contributed by atoms with E-state index in [-0.39, 0.29) is 0 Å². The number of ether oxygens (including phenoxy) is 1. The normalized spacial score (nSPS) is 10.2. The molecule has 0 bridgehead atoms. The van der Waals surface area contributed by atoms with Crippen molar-refractivity contribution < 1.29 is 4.74 Å². The maximum Gasteiger partial charge on any atom is 0.166 e. The highest BCUT2D eigenvalue weighted by molar-refractivity contribution is 7.80. The summed E-state index contributed by atoms with van der Waals surface area (Å²) in [7, 11) is 1.90. The minimum Gasteiger partial charge on any atom is -0.382 e. The minimum atomic E-state index is 0.672. The third kappa shape index (κ3) is 6.23. The first-order valence-electron chi connectivity index (χ1n) is 5.79. The molecule has 0 amide bonds. The van der Waals surface area contributed by atoms with Gasteiger partial charge in [0.25, 0.3) is 0 Å². The number of nitrogens with one attached hydrogen (secondary N) is 2. The van der Waals surface area contributed by atoms with E-state index >= 15 is 0 Å². The summed E-state index contributed by atoms with van der Waals surface area (Å²) in [5, 5.41) is 11.0. The molecule has 1 heterocycles. The summed E-state index contributed by atoms with van der Waals surface area (Å²) in [6.45, 7) is 5.07. The molecule has 0 aromatic carbocycles. The van der Waals surface area contributed by atoms with E-state index in [0.717, 1.165) is 31.7 Å². The zero-order valence-corrected chi connectivity index (χ0v) is 11.2. The quantitative estimate of drug-likeness (QED) is 0.558. The number of hydrogen-bond donors (Lipinski definition) is 2. The Morgan fingerprint density at radius 3 is 3.00 bits per heavy atom. The van der Waals surface area contributed by atoms with Crippen LogP contribution >= 0.6 is 12.2 Å². The Balaban J connectivity index is 2.05. The van der Waals surface area contributed by atoms with Gasteiger partial charge in [-0.3, -0.25) is 4.68 Å². The minimum absolute atomic E-state index is 0.672. The lowest BCUT2D eigenvalue weighted by molar-refractivity contribution is 0.145. The molecule has 0 aliphatic carbocycles. The van der Waals surface area contributed by atoms with Crippen molar-refractivity contribution in [1.29, 1.82) is 0 Å². The van der Waals surface area contributed by atoms with Gasteiger partial charge in [0.1, 0.15) is 0 Å². The van der Waals surface area contributed by atoms with Crippen molar-refractivity contribution in [2.45, 2.75) is 19.9 Å². The van der Waals surface area contributed by atoms with Crippen LogP contribution in [0.5, 0.6) is 0 Å². The molecular formula is C11H20N4OS. The lowest BCUT2D eigenvalue weighted by Crippen LogP contribution is -2.35. The Morgan fingerprint density at radius 2 is 2.35 bits per heavy atom. The second-order valence-electron chi connectivity index (χ2n) is 3.68. The molecule has 0 unspecified atom stereocenters. The molecular weight excluding hydrogens is 236 g/mol. The van der Waals surface area contributed by atoms with Gasteiger partial charge in [-0.1, -0.05) is 0 Å². The number of thiocarbonyl (C=S) groups is 1. The summed E-state index contributed by atoms with van der Waals surface area (Å²) in [5.74, 6) is 0. The highest BCUT2D eigenvalue weighted by Crippen LogP contribution is 1.94. The summed E-state index contributed by atoms with van der Waals surface area (Å²) in [6, 6.07) is 0. The third-order valence-electron chi connectivity index (χ3n) is 2.17. The summed E-state index contributed by atoms with van der Waals surface area (Å²) in [4.78, 5) is 0. The van der Waals surface area contributed by atoms with E-state index in [4.69, 9.17) is 17.0 Å². The predicted octanol–water partition coefficient (Wildman–Crippen LogP) is 0.811. The number of rotatable bonds is 7. The van der Waals surface area contributed by atoms with Gasteiger partial charge in [0.2, 0.25) is 0 Å². The molecule has 1 aromatic rings. The molecule has 5 nitrogen and oxygen atoms in total. The van der Waals surface area contributed by atoms with Crippen LogP contribution in [-0.2, 0) is 18.3 Å². The van der Waals surface area contributed by atoms with Crippen LogP contribution in [0.1, 0.15) is 18.9 Å². The SMILES string of the molecule is CCOCCCNC(=S)NCc1cnn(C)c1. The van der Waals surface area contributed by atoms with Crippen molar-refractivity contribution in [2.75, 3.05) is 19.8 Å².